The van der Waals surface area contributed by atoms with Crippen molar-refractivity contribution in [3.05, 3.63) is 29.8 Å². The minimum absolute atomic E-state index is 0. The molecule has 1 aliphatic carbocycles. The third-order valence-corrected chi connectivity index (χ3v) is 4.62. The first-order valence-corrected chi connectivity index (χ1v) is 7.95. The van der Waals surface area contributed by atoms with Crippen molar-refractivity contribution in [3.63, 3.8) is 0 Å². The van der Waals surface area contributed by atoms with Crippen molar-refractivity contribution in [1.29, 1.82) is 0 Å². The molecule has 1 fully saturated rings. The van der Waals surface area contributed by atoms with Gasteiger partial charge in [0, 0.05) is 18.3 Å². The first kappa shape index (κ1) is 17.2. The van der Waals surface area contributed by atoms with Crippen molar-refractivity contribution < 1.29 is 13.0 Å². The van der Waals surface area contributed by atoms with Crippen LogP contribution in [-0.2, 0) is 16.8 Å². The van der Waals surface area contributed by atoms with E-state index in [4.69, 9.17) is 5.73 Å². The number of benzene rings is 1. The number of nitrogens with zero attached hydrogens (tertiary/aromatic N) is 1. The number of anilines is 1. The van der Waals surface area contributed by atoms with Crippen LogP contribution < -0.4 is 5.73 Å². The summed E-state index contributed by atoms with van der Waals surface area (Å²) in [6.45, 7) is 0.198. The van der Waals surface area contributed by atoms with Gasteiger partial charge in [-0.15, -0.1) is 12.4 Å². The highest BCUT2D eigenvalue weighted by Crippen LogP contribution is 2.26. The van der Waals surface area contributed by atoms with Crippen LogP contribution in [0.4, 0.5) is 5.69 Å². The molecule has 1 aromatic carbocycles. The van der Waals surface area contributed by atoms with E-state index < -0.39 is 10.3 Å². The second-order valence-corrected chi connectivity index (χ2v) is 6.42. The van der Waals surface area contributed by atoms with Crippen molar-refractivity contribution in [2.24, 2.45) is 0 Å². The quantitative estimate of drug-likeness (QED) is 0.660. The highest BCUT2D eigenvalue weighted by molar-refractivity contribution is 7.83. The van der Waals surface area contributed by atoms with E-state index in [0.29, 0.717) is 5.69 Å². The molecule has 7 heteroatoms. The van der Waals surface area contributed by atoms with Gasteiger partial charge in [-0.05, 0) is 30.5 Å². The standard InChI is InChI=1S/C13H20N2O3S.ClH/c14-12-8-6-11(7-9-12)10-15(19(16,17)18)13-4-2-1-3-5-13;/h6-9,13H,1-5,10,14H2,(H,16,17,18);1H. The highest BCUT2D eigenvalue weighted by atomic mass is 35.5. The molecule has 114 valence electrons. The predicted octanol–water partition coefficient (Wildman–Crippen LogP) is 2.63. The Bertz CT molecular complexity index is 513. The average molecular weight is 321 g/mol. The van der Waals surface area contributed by atoms with Crippen LogP contribution in [0, 0.1) is 0 Å². The normalized spacial score (nSPS) is 16.9. The lowest BCUT2D eigenvalue weighted by Crippen LogP contribution is -2.40. The molecule has 1 aromatic rings. The molecule has 3 N–H and O–H groups in total. The molecule has 1 saturated carbocycles. The van der Waals surface area contributed by atoms with Gasteiger partial charge in [0.2, 0.25) is 0 Å². The Kier molecular flexibility index (Phi) is 6.26. The van der Waals surface area contributed by atoms with E-state index in [1.807, 2.05) is 0 Å². The minimum Gasteiger partial charge on any atom is -0.399 e. The van der Waals surface area contributed by atoms with Gasteiger partial charge in [-0.25, -0.2) is 0 Å². The van der Waals surface area contributed by atoms with Crippen LogP contribution in [0.5, 0.6) is 0 Å². The summed E-state index contributed by atoms with van der Waals surface area (Å²) in [5, 5.41) is 0. The summed E-state index contributed by atoms with van der Waals surface area (Å²) in [6.07, 6.45) is 4.79. The molecule has 5 nitrogen and oxygen atoms in total. The number of rotatable bonds is 4. The fourth-order valence-corrected chi connectivity index (χ4v) is 3.47. The van der Waals surface area contributed by atoms with Crippen LogP contribution in [0.15, 0.2) is 24.3 Å². The van der Waals surface area contributed by atoms with Crippen LogP contribution in [0.3, 0.4) is 0 Å². The molecular weight excluding hydrogens is 300 g/mol. The third-order valence-electron chi connectivity index (χ3n) is 3.60. The van der Waals surface area contributed by atoms with Gasteiger partial charge in [0.15, 0.2) is 0 Å². The molecule has 0 atom stereocenters. The largest absolute Gasteiger partial charge is 0.399 e. The van der Waals surface area contributed by atoms with Crippen LogP contribution in [0.2, 0.25) is 0 Å². The zero-order valence-corrected chi connectivity index (χ0v) is 12.9. The maximum atomic E-state index is 11.6. The Morgan fingerprint density at radius 2 is 1.70 bits per heavy atom. The van der Waals surface area contributed by atoms with Crippen molar-refractivity contribution in [2.45, 2.75) is 44.7 Å². The first-order valence-electron chi connectivity index (χ1n) is 6.55. The number of halogens is 1. The van der Waals surface area contributed by atoms with E-state index in [2.05, 4.69) is 0 Å². The second-order valence-electron chi connectivity index (χ2n) is 5.06. The summed E-state index contributed by atoms with van der Waals surface area (Å²) in [4.78, 5) is 0. The van der Waals surface area contributed by atoms with E-state index in [1.54, 1.807) is 24.3 Å². The van der Waals surface area contributed by atoms with E-state index in [-0.39, 0.29) is 25.0 Å². The number of nitrogens with two attached hydrogens (primary N) is 1. The van der Waals surface area contributed by atoms with E-state index in [0.717, 1.165) is 37.7 Å². The predicted molar refractivity (Wildman–Crippen MR) is 82.1 cm³/mol. The fourth-order valence-electron chi connectivity index (χ4n) is 2.57. The van der Waals surface area contributed by atoms with Gasteiger partial charge in [0.05, 0.1) is 0 Å². The Labute approximate surface area is 126 Å². The van der Waals surface area contributed by atoms with Crippen LogP contribution in [0.1, 0.15) is 37.7 Å². The zero-order valence-electron chi connectivity index (χ0n) is 11.2. The van der Waals surface area contributed by atoms with Gasteiger partial charge in [0.1, 0.15) is 0 Å². The Balaban J connectivity index is 0.00000200. The van der Waals surface area contributed by atoms with Gasteiger partial charge >= 0.3 is 10.3 Å². The molecule has 0 heterocycles. The van der Waals surface area contributed by atoms with Crippen molar-refractivity contribution in [3.8, 4) is 0 Å². The summed E-state index contributed by atoms with van der Waals surface area (Å²) in [6, 6.07) is 6.95. The Morgan fingerprint density at radius 3 is 2.20 bits per heavy atom. The van der Waals surface area contributed by atoms with E-state index in [9.17, 15) is 13.0 Å². The van der Waals surface area contributed by atoms with Crippen LogP contribution in [0.25, 0.3) is 0 Å². The maximum Gasteiger partial charge on any atom is 0.336 e. The minimum atomic E-state index is -4.17. The summed E-state index contributed by atoms with van der Waals surface area (Å²) in [5.74, 6) is 0. The molecule has 20 heavy (non-hydrogen) atoms. The molecule has 0 amide bonds. The molecule has 2 rings (SSSR count). The van der Waals surface area contributed by atoms with Crippen LogP contribution in [-0.4, -0.2) is 23.3 Å². The summed E-state index contributed by atoms with van der Waals surface area (Å²) < 4.78 is 33.7. The third kappa shape index (κ3) is 4.63. The zero-order chi connectivity index (χ0) is 13.9. The Morgan fingerprint density at radius 1 is 1.15 bits per heavy atom. The van der Waals surface area contributed by atoms with Gasteiger partial charge in [0.25, 0.3) is 0 Å². The smallest absolute Gasteiger partial charge is 0.336 e. The topological polar surface area (TPSA) is 83.6 Å². The van der Waals surface area contributed by atoms with Crippen molar-refractivity contribution in [1.82, 2.24) is 4.31 Å². The first-order chi connectivity index (χ1) is 8.97. The summed E-state index contributed by atoms with van der Waals surface area (Å²) in [7, 11) is -4.17. The van der Waals surface area contributed by atoms with Crippen molar-refractivity contribution >= 4 is 28.4 Å². The maximum absolute atomic E-state index is 11.6. The Hall–Kier alpha value is -0.820. The summed E-state index contributed by atoms with van der Waals surface area (Å²) in [5.41, 5.74) is 7.07. The summed E-state index contributed by atoms with van der Waals surface area (Å²) >= 11 is 0. The molecule has 0 radical (unpaired) electrons. The van der Waals surface area contributed by atoms with E-state index in [1.165, 1.54) is 4.31 Å². The monoisotopic (exact) mass is 320 g/mol. The van der Waals surface area contributed by atoms with Gasteiger partial charge < -0.3 is 5.73 Å². The molecular formula is C13H21ClN2O3S. The molecule has 0 aliphatic heterocycles. The van der Waals surface area contributed by atoms with Crippen molar-refractivity contribution in [2.75, 3.05) is 5.73 Å². The number of nitrogen functional groups attached to an aromatic ring is 1. The number of hydrogen-bond acceptors (Lipinski definition) is 3. The van der Waals surface area contributed by atoms with E-state index >= 15 is 0 Å². The van der Waals surface area contributed by atoms with Gasteiger partial charge in [-0.2, -0.15) is 12.7 Å². The molecule has 0 unspecified atom stereocenters. The van der Waals surface area contributed by atoms with Gasteiger partial charge in [-0.1, -0.05) is 31.4 Å². The second kappa shape index (κ2) is 7.26. The highest BCUT2D eigenvalue weighted by Gasteiger charge is 2.29. The number of hydrogen-bond donors (Lipinski definition) is 2. The lowest BCUT2D eigenvalue weighted by atomic mass is 9.95. The average Bonchev–Trinajstić information content (AvgIpc) is 2.37. The SMILES string of the molecule is Cl.Nc1ccc(CN(C2CCCCC2)S(=O)(=O)O)cc1. The lowest BCUT2D eigenvalue weighted by molar-refractivity contribution is 0.227. The van der Waals surface area contributed by atoms with Crippen LogP contribution >= 0.6 is 12.4 Å². The molecule has 0 spiro atoms. The van der Waals surface area contributed by atoms with Gasteiger partial charge in [-0.3, -0.25) is 4.55 Å². The molecule has 0 bridgehead atoms. The molecule has 0 aromatic heterocycles. The molecule has 0 saturated heterocycles. The lowest BCUT2D eigenvalue weighted by Gasteiger charge is -2.31. The molecule has 1 aliphatic rings. The fraction of sp³-hybridized carbons (Fsp3) is 0.538.